The van der Waals surface area contributed by atoms with Crippen LogP contribution in [0.15, 0.2) is 53.7 Å². The van der Waals surface area contributed by atoms with Gasteiger partial charge in [-0.2, -0.15) is 5.10 Å². The van der Waals surface area contributed by atoms with E-state index in [1.165, 1.54) is 0 Å². The van der Waals surface area contributed by atoms with Crippen molar-refractivity contribution < 1.29 is 4.74 Å². The summed E-state index contributed by atoms with van der Waals surface area (Å²) in [5, 5.41) is 4.70. The molecule has 0 saturated carbocycles. The van der Waals surface area contributed by atoms with Crippen LogP contribution in [-0.2, 0) is 5.75 Å². The van der Waals surface area contributed by atoms with E-state index < -0.39 is 0 Å². The fourth-order valence-electron chi connectivity index (χ4n) is 2.28. The van der Waals surface area contributed by atoms with Gasteiger partial charge in [-0.3, -0.25) is 4.98 Å². The third-order valence-corrected chi connectivity index (χ3v) is 4.55. The molecule has 0 aliphatic rings. The molecule has 0 spiro atoms. The van der Waals surface area contributed by atoms with Gasteiger partial charge in [0.05, 0.1) is 12.9 Å². The van der Waals surface area contributed by atoms with Gasteiger partial charge in [-0.1, -0.05) is 26.0 Å². The summed E-state index contributed by atoms with van der Waals surface area (Å²) in [4.78, 5) is 9.95. The Morgan fingerprint density at radius 2 is 1.88 bits per heavy atom. The van der Waals surface area contributed by atoms with Crippen LogP contribution in [0.5, 0.6) is 5.75 Å². The van der Waals surface area contributed by atoms with Crippen molar-refractivity contribution in [3.63, 3.8) is 0 Å². The van der Waals surface area contributed by atoms with Crippen molar-refractivity contribution >= 4 is 11.8 Å². The minimum atomic E-state index is 0.269. The fraction of sp³-hybridized carbons (Fsp3) is 0.278. The lowest BCUT2D eigenvalue weighted by atomic mass is 10.2. The monoisotopic (exact) mass is 340 g/mol. The molecule has 6 heteroatoms. The molecule has 2 aromatic heterocycles. The first-order valence-electron chi connectivity index (χ1n) is 7.81. The third kappa shape index (κ3) is 3.59. The van der Waals surface area contributed by atoms with Gasteiger partial charge in [-0.15, -0.1) is 11.8 Å². The highest BCUT2D eigenvalue weighted by Crippen LogP contribution is 2.27. The summed E-state index contributed by atoms with van der Waals surface area (Å²) in [5.74, 6) is 3.52. The summed E-state index contributed by atoms with van der Waals surface area (Å²) in [5.41, 5.74) is 0.907. The molecule has 0 aliphatic heterocycles. The van der Waals surface area contributed by atoms with E-state index in [1.807, 2.05) is 41.1 Å². The maximum Gasteiger partial charge on any atom is 0.153 e. The Morgan fingerprint density at radius 3 is 2.58 bits per heavy atom. The molecular weight excluding hydrogens is 320 g/mol. The summed E-state index contributed by atoms with van der Waals surface area (Å²) in [7, 11) is 1.67. The van der Waals surface area contributed by atoms with Crippen LogP contribution in [0, 0.1) is 0 Å². The van der Waals surface area contributed by atoms with Crippen molar-refractivity contribution in [3.05, 3.63) is 60.4 Å². The van der Waals surface area contributed by atoms with Crippen LogP contribution in [0.3, 0.4) is 0 Å². The normalized spacial score (nSPS) is 11.0. The molecule has 0 N–H and O–H groups in total. The van der Waals surface area contributed by atoms with Gasteiger partial charge < -0.3 is 4.74 Å². The Kier molecular flexibility index (Phi) is 5.15. The van der Waals surface area contributed by atoms with Crippen LogP contribution in [-0.4, -0.2) is 26.9 Å². The van der Waals surface area contributed by atoms with Gasteiger partial charge in [-0.25, -0.2) is 9.67 Å². The van der Waals surface area contributed by atoms with Gasteiger partial charge in [0.1, 0.15) is 17.3 Å². The number of hydrogen-bond donors (Lipinski definition) is 0. The molecule has 5 nitrogen and oxygen atoms in total. The molecule has 1 aromatic carbocycles. The van der Waals surface area contributed by atoms with Gasteiger partial charge >= 0.3 is 0 Å². The first kappa shape index (κ1) is 16.5. The highest BCUT2D eigenvalue weighted by Gasteiger charge is 2.16. The quantitative estimate of drug-likeness (QED) is 0.633. The average Bonchev–Trinajstić information content (AvgIpc) is 3.05. The second-order valence-electron chi connectivity index (χ2n) is 5.60. The van der Waals surface area contributed by atoms with E-state index in [0.717, 1.165) is 33.7 Å². The molecule has 0 bridgehead atoms. The molecule has 0 unspecified atom stereocenters. The number of rotatable bonds is 6. The fourth-order valence-corrected chi connectivity index (χ4v) is 3.08. The topological polar surface area (TPSA) is 52.8 Å². The minimum Gasteiger partial charge on any atom is -0.494 e. The Labute approximate surface area is 146 Å². The van der Waals surface area contributed by atoms with E-state index in [-0.39, 0.29) is 5.92 Å². The van der Waals surface area contributed by atoms with Crippen LogP contribution in [0.4, 0.5) is 0 Å². The molecule has 0 atom stereocenters. The Hall–Kier alpha value is -2.34. The lowest BCUT2D eigenvalue weighted by Crippen LogP contribution is -2.04. The van der Waals surface area contributed by atoms with Crippen molar-refractivity contribution in [1.29, 1.82) is 0 Å². The zero-order chi connectivity index (χ0) is 16.9. The Morgan fingerprint density at radius 1 is 1.12 bits per heavy atom. The number of nitrogens with zero attached hydrogens (tertiary/aromatic N) is 4. The number of pyridine rings is 1. The molecule has 2 heterocycles. The molecular formula is C18H20N4OS. The maximum atomic E-state index is 5.48. The molecule has 3 rings (SSSR count). The zero-order valence-electron chi connectivity index (χ0n) is 14.0. The molecule has 124 valence electrons. The van der Waals surface area contributed by atoms with Gasteiger partial charge in [0, 0.05) is 23.2 Å². The lowest BCUT2D eigenvalue weighted by molar-refractivity contribution is 0.411. The van der Waals surface area contributed by atoms with E-state index in [1.54, 1.807) is 31.3 Å². The summed E-state index contributed by atoms with van der Waals surface area (Å²) in [6.45, 7) is 4.20. The molecule has 3 aromatic rings. The largest absolute Gasteiger partial charge is 0.494 e. The van der Waals surface area contributed by atoms with E-state index in [4.69, 9.17) is 14.8 Å². The predicted octanol–water partition coefficient (Wildman–Crippen LogP) is 4.09. The number of aromatic nitrogens is 4. The zero-order valence-corrected chi connectivity index (χ0v) is 14.8. The van der Waals surface area contributed by atoms with E-state index in [9.17, 15) is 0 Å². The summed E-state index contributed by atoms with van der Waals surface area (Å²) < 4.78 is 7.37. The maximum absolute atomic E-state index is 5.48. The lowest BCUT2D eigenvalue weighted by Gasteiger charge is -2.10. The standard InChI is InChI=1S/C18H20N4OS/c1-13(2)18-20-17(12-24-14-8-10-19-11-9-14)22(21-18)15-6-4-5-7-16(15)23-3/h4-11,13H,12H2,1-3H3. The Bertz CT molecular complexity index is 802. The second kappa shape index (κ2) is 7.49. The number of ether oxygens (including phenoxy) is 1. The van der Waals surface area contributed by atoms with Crippen molar-refractivity contribution in [1.82, 2.24) is 19.7 Å². The van der Waals surface area contributed by atoms with Gasteiger partial charge in [0.2, 0.25) is 0 Å². The van der Waals surface area contributed by atoms with Gasteiger partial charge in [-0.05, 0) is 24.3 Å². The highest BCUT2D eigenvalue weighted by atomic mass is 32.2. The van der Waals surface area contributed by atoms with Crippen LogP contribution in [0.1, 0.15) is 31.4 Å². The van der Waals surface area contributed by atoms with Gasteiger partial charge in [0.25, 0.3) is 0 Å². The smallest absolute Gasteiger partial charge is 0.153 e. The van der Waals surface area contributed by atoms with Crippen molar-refractivity contribution in [2.24, 2.45) is 0 Å². The third-order valence-electron chi connectivity index (χ3n) is 3.54. The predicted molar refractivity (Wildman–Crippen MR) is 95.8 cm³/mol. The van der Waals surface area contributed by atoms with Crippen molar-refractivity contribution in [2.75, 3.05) is 7.11 Å². The molecule has 24 heavy (non-hydrogen) atoms. The number of para-hydroxylation sites is 2. The van der Waals surface area contributed by atoms with Crippen LogP contribution in [0.25, 0.3) is 5.69 Å². The van der Waals surface area contributed by atoms with Crippen molar-refractivity contribution in [2.45, 2.75) is 30.4 Å². The average molecular weight is 340 g/mol. The summed E-state index contributed by atoms with van der Waals surface area (Å²) in [6.07, 6.45) is 3.60. The van der Waals surface area contributed by atoms with E-state index in [2.05, 4.69) is 18.8 Å². The first-order chi connectivity index (χ1) is 11.7. The summed E-state index contributed by atoms with van der Waals surface area (Å²) >= 11 is 1.72. The molecule has 0 radical (unpaired) electrons. The second-order valence-corrected chi connectivity index (χ2v) is 6.64. The van der Waals surface area contributed by atoms with Crippen molar-refractivity contribution in [3.8, 4) is 11.4 Å². The van der Waals surface area contributed by atoms with Crippen LogP contribution >= 0.6 is 11.8 Å². The minimum absolute atomic E-state index is 0.269. The number of methoxy groups -OCH3 is 1. The SMILES string of the molecule is COc1ccccc1-n1nc(C(C)C)nc1CSc1ccncc1. The first-order valence-corrected chi connectivity index (χ1v) is 8.79. The molecule has 0 amide bonds. The van der Waals surface area contributed by atoms with Gasteiger partial charge in [0.15, 0.2) is 5.82 Å². The molecule has 0 aliphatic carbocycles. The number of benzene rings is 1. The number of thioether (sulfide) groups is 1. The van der Waals surface area contributed by atoms with Crippen LogP contribution in [0.2, 0.25) is 0 Å². The summed E-state index contributed by atoms with van der Waals surface area (Å²) in [6, 6.07) is 11.9. The molecule has 0 fully saturated rings. The van der Waals surface area contributed by atoms with E-state index in [0.29, 0.717) is 0 Å². The van der Waals surface area contributed by atoms with Crippen LogP contribution < -0.4 is 4.74 Å². The molecule has 0 saturated heterocycles. The van der Waals surface area contributed by atoms with E-state index >= 15 is 0 Å². The highest BCUT2D eigenvalue weighted by molar-refractivity contribution is 7.98. The number of hydrogen-bond acceptors (Lipinski definition) is 5. The Balaban J connectivity index is 1.95.